The molecule has 0 bridgehead atoms. The molecule has 0 saturated carbocycles. The van der Waals surface area contributed by atoms with Gasteiger partial charge in [-0.2, -0.15) is 0 Å². The second-order valence-electron chi connectivity index (χ2n) is 7.36. The molecule has 4 heteroatoms. The maximum atomic E-state index is 12.9. The summed E-state index contributed by atoms with van der Waals surface area (Å²) in [6.45, 7) is 2.62. The first kappa shape index (κ1) is 22.7. The van der Waals surface area contributed by atoms with Crippen LogP contribution in [0.15, 0.2) is 54.6 Å². The van der Waals surface area contributed by atoms with E-state index < -0.39 is 5.97 Å². The average molecular weight is 396 g/mol. The van der Waals surface area contributed by atoms with E-state index in [2.05, 4.69) is 6.92 Å². The van der Waals surface area contributed by atoms with Crippen LogP contribution >= 0.6 is 0 Å². The lowest BCUT2D eigenvalue weighted by Crippen LogP contribution is -2.28. The first-order valence-electron chi connectivity index (χ1n) is 10.7. The van der Waals surface area contributed by atoms with Crippen molar-refractivity contribution < 1.29 is 14.3 Å². The lowest BCUT2D eigenvalue weighted by Gasteiger charge is -2.18. The lowest BCUT2D eigenvalue weighted by molar-refractivity contribution is 0.0494. The van der Waals surface area contributed by atoms with Crippen molar-refractivity contribution in [1.82, 2.24) is 0 Å². The Morgan fingerprint density at radius 3 is 1.97 bits per heavy atom. The standard InChI is InChI=1S/C25H33NO3/c1-3-4-5-6-7-8-9-15-20-29-25(28)23-19-14-13-18-22(23)24(27)26(2)21-16-11-10-12-17-21/h10-14,16-19H,3-9,15,20H2,1-2H3. The van der Waals surface area contributed by atoms with Gasteiger partial charge in [-0.3, -0.25) is 4.79 Å². The molecule has 0 heterocycles. The summed E-state index contributed by atoms with van der Waals surface area (Å²) in [4.78, 5) is 27.0. The highest BCUT2D eigenvalue weighted by Gasteiger charge is 2.21. The molecule has 0 atom stereocenters. The third-order valence-corrected chi connectivity index (χ3v) is 5.06. The molecule has 0 saturated heterocycles. The Bertz CT molecular complexity index is 758. The monoisotopic (exact) mass is 395 g/mol. The Morgan fingerprint density at radius 1 is 0.759 bits per heavy atom. The first-order valence-corrected chi connectivity index (χ1v) is 10.7. The van der Waals surface area contributed by atoms with Gasteiger partial charge in [0.2, 0.25) is 0 Å². The van der Waals surface area contributed by atoms with Gasteiger partial charge in [0.1, 0.15) is 0 Å². The molecular weight excluding hydrogens is 362 g/mol. The predicted molar refractivity (Wildman–Crippen MR) is 119 cm³/mol. The van der Waals surface area contributed by atoms with Crippen LogP contribution in [-0.2, 0) is 4.74 Å². The van der Waals surface area contributed by atoms with Crippen LogP contribution in [0.5, 0.6) is 0 Å². The second kappa shape index (κ2) is 12.8. The fourth-order valence-corrected chi connectivity index (χ4v) is 3.28. The van der Waals surface area contributed by atoms with Gasteiger partial charge in [0.05, 0.1) is 17.7 Å². The van der Waals surface area contributed by atoms with Gasteiger partial charge in [0.25, 0.3) is 5.91 Å². The number of hydrogen-bond acceptors (Lipinski definition) is 3. The highest BCUT2D eigenvalue weighted by molar-refractivity contribution is 6.11. The smallest absolute Gasteiger partial charge is 0.338 e. The topological polar surface area (TPSA) is 46.6 Å². The summed E-state index contributed by atoms with van der Waals surface area (Å²) >= 11 is 0. The SMILES string of the molecule is CCCCCCCCCCOC(=O)c1ccccc1C(=O)N(C)c1ccccc1. The number of ether oxygens (including phenoxy) is 1. The summed E-state index contributed by atoms with van der Waals surface area (Å²) in [5.74, 6) is -0.658. The van der Waals surface area contributed by atoms with Crippen LogP contribution in [0.4, 0.5) is 5.69 Å². The summed E-state index contributed by atoms with van der Waals surface area (Å²) < 4.78 is 5.44. The molecule has 2 aromatic rings. The molecule has 2 aromatic carbocycles. The number of amides is 1. The number of para-hydroxylation sites is 1. The molecule has 29 heavy (non-hydrogen) atoms. The van der Waals surface area contributed by atoms with Crippen LogP contribution in [0.2, 0.25) is 0 Å². The molecule has 0 aliphatic heterocycles. The fourth-order valence-electron chi connectivity index (χ4n) is 3.28. The lowest BCUT2D eigenvalue weighted by atomic mass is 10.1. The van der Waals surface area contributed by atoms with E-state index in [1.807, 2.05) is 30.3 Å². The Morgan fingerprint density at radius 2 is 1.31 bits per heavy atom. The van der Waals surface area contributed by atoms with E-state index in [4.69, 9.17) is 4.74 Å². The molecule has 0 fully saturated rings. The average Bonchev–Trinajstić information content (AvgIpc) is 2.77. The van der Waals surface area contributed by atoms with Gasteiger partial charge in [-0.05, 0) is 30.7 Å². The van der Waals surface area contributed by atoms with Gasteiger partial charge < -0.3 is 9.64 Å². The quantitative estimate of drug-likeness (QED) is 0.315. The maximum Gasteiger partial charge on any atom is 0.338 e. The molecule has 0 unspecified atom stereocenters. The zero-order chi connectivity index (χ0) is 20.9. The van der Waals surface area contributed by atoms with Crippen molar-refractivity contribution in [1.29, 1.82) is 0 Å². The number of carbonyl (C=O) groups excluding carboxylic acids is 2. The van der Waals surface area contributed by atoms with E-state index in [-0.39, 0.29) is 5.91 Å². The Balaban J connectivity index is 1.84. The molecule has 0 aliphatic carbocycles. The number of nitrogens with zero attached hydrogens (tertiary/aromatic N) is 1. The number of unbranched alkanes of at least 4 members (excludes halogenated alkanes) is 7. The predicted octanol–water partition coefficient (Wildman–Crippen LogP) is 6.26. The molecule has 0 radical (unpaired) electrons. The van der Waals surface area contributed by atoms with Crippen LogP contribution in [0.3, 0.4) is 0 Å². The van der Waals surface area contributed by atoms with Crippen LogP contribution in [0, 0.1) is 0 Å². The van der Waals surface area contributed by atoms with Crippen molar-refractivity contribution in [2.24, 2.45) is 0 Å². The molecule has 1 amide bonds. The van der Waals surface area contributed by atoms with Crippen molar-refractivity contribution in [3.8, 4) is 0 Å². The normalized spacial score (nSPS) is 10.6. The fraction of sp³-hybridized carbons (Fsp3) is 0.440. The number of anilines is 1. The first-order chi connectivity index (χ1) is 14.1. The molecule has 0 spiro atoms. The number of hydrogen-bond donors (Lipinski definition) is 0. The molecular formula is C25H33NO3. The molecule has 0 N–H and O–H groups in total. The van der Waals surface area contributed by atoms with Crippen LogP contribution in [-0.4, -0.2) is 25.5 Å². The minimum absolute atomic E-state index is 0.226. The summed E-state index contributed by atoms with van der Waals surface area (Å²) in [5, 5.41) is 0. The van der Waals surface area contributed by atoms with Crippen molar-refractivity contribution in [2.45, 2.75) is 58.3 Å². The Labute approximate surface area is 174 Å². The largest absolute Gasteiger partial charge is 0.462 e. The molecule has 156 valence electrons. The van der Waals surface area contributed by atoms with E-state index in [0.29, 0.717) is 17.7 Å². The van der Waals surface area contributed by atoms with E-state index >= 15 is 0 Å². The zero-order valence-electron chi connectivity index (χ0n) is 17.7. The van der Waals surface area contributed by atoms with E-state index in [9.17, 15) is 9.59 Å². The second-order valence-corrected chi connectivity index (χ2v) is 7.36. The Hall–Kier alpha value is -2.62. The number of benzene rings is 2. The van der Waals surface area contributed by atoms with E-state index in [1.165, 1.54) is 38.5 Å². The molecule has 0 aliphatic rings. The minimum atomic E-state index is -0.432. The number of carbonyl (C=O) groups is 2. The van der Waals surface area contributed by atoms with Gasteiger partial charge in [-0.15, -0.1) is 0 Å². The van der Waals surface area contributed by atoms with Crippen molar-refractivity contribution in [2.75, 3.05) is 18.6 Å². The Kier molecular flexibility index (Phi) is 9.98. The van der Waals surface area contributed by atoms with Crippen LogP contribution in [0.1, 0.15) is 79.0 Å². The number of rotatable bonds is 12. The zero-order valence-corrected chi connectivity index (χ0v) is 17.7. The molecule has 4 nitrogen and oxygen atoms in total. The van der Waals surface area contributed by atoms with Gasteiger partial charge >= 0.3 is 5.97 Å². The molecule has 2 rings (SSSR count). The van der Waals surface area contributed by atoms with Gasteiger partial charge in [-0.25, -0.2) is 4.79 Å². The summed E-state index contributed by atoms with van der Waals surface area (Å²) in [7, 11) is 1.71. The highest BCUT2D eigenvalue weighted by atomic mass is 16.5. The van der Waals surface area contributed by atoms with Gasteiger partial charge in [-0.1, -0.05) is 82.2 Å². The summed E-state index contributed by atoms with van der Waals surface area (Å²) in [6.07, 6.45) is 9.54. The van der Waals surface area contributed by atoms with E-state index in [0.717, 1.165) is 18.5 Å². The van der Waals surface area contributed by atoms with Crippen LogP contribution < -0.4 is 4.90 Å². The third-order valence-electron chi connectivity index (χ3n) is 5.06. The van der Waals surface area contributed by atoms with Gasteiger partial charge in [0.15, 0.2) is 0 Å². The third kappa shape index (κ3) is 7.37. The number of esters is 1. The highest BCUT2D eigenvalue weighted by Crippen LogP contribution is 2.18. The molecule has 0 aromatic heterocycles. The summed E-state index contributed by atoms with van der Waals surface area (Å²) in [5.41, 5.74) is 1.46. The minimum Gasteiger partial charge on any atom is -0.462 e. The summed E-state index contributed by atoms with van der Waals surface area (Å²) in [6, 6.07) is 16.2. The van der Waals surface area contributed by atoms with Crippen molar-refractivity contribution in [3.63, 3.8) is 0 Å². The van der Waals surface area contributed by atoms with Crippen LogP contribution in [0.25, 0.3) is 0 Å². The maximum absolute atomic E-state index is 12.9. The van der Waals surface area contributed by atoms with Crippen molar-refractivity contribution in [3.05, 3.63) is 65.7 Å². The van der Waals surface area contributed by atoms with E-state index in [1.54, 1.807) is 36.2 Å². The van der Waals surface area contributed by atoms with Gasteiger partial charge in [0, 0.05) is 12.7 Å². The van der Waals surface area contributed by atoms with Crippen molar-refractivity contribution >= 4 is 17.6 Å².